The highest BCUT2D eigenvalue weighted by Crippen LogP contribution is 2.36. The van der Waals surface area contributed by atoms with Crippen LogP contribution in [-0.4, -0.2) is 15.1 Å². The number of nitrogens with zero attached hydrogens (tertiary/aromatic N) is 1. The van der Waals surface area contributed by atoms with E-state index in [0.717, 1.165) is 24.8 Å². The van der Waals surface area contributed by atoms with Crippen LogP contribution >= 0.6 is 0 Å². The Balaban J connectivity index is 2.02. The zero-order chi connectivity index (χ0) is 12.3. The highest BCUT2D eigenvalue weighted by molar-refractivity contribution is 5.09. The molecular formula is C13H20N2O2. The zero-order valence-electron chi connectivity index (χ0n) is 10.3. The van der Waals surface area contributed by atoms with E-state index in [2.05, 4.69) is 16.9 Å². The Morgan fingerprint density at radius 2 is 2.12 bits per heavy atom. The van der Waals surface area contributed by atoms with Gasteiger partial charge < -0.3 is 10.1 Å². The second-order valence-electron chi connectivity index (χ2n) is 5.00. The molecule has 1 aromatic heterocycles. The lowest BCUT2D eigenvalue weighted by molar-refractivity contribution is 0.300. The summed E-state index contributed by atoms with van der Waals surface area (Å²) in [5, 5.41) is 9.33. The summed E-state index contributed by atoms with van der Waals surface area (Å²) in [5.41, 5.74) is -0.261. The lowest BCUT2D eigenvalue weighted by atomic mass is 9.80. The largest absolute Gasteiger partial charge is 0.493 e. The topological polar surface area (TPSA) is 66.0 Å². The molecule has 0 bridgehead atoms. The van der Waals surface area contributed by atoms with Gasteiger partial charge in [0.25, 0.3) is 5.56 Å². The van der Waals surface area contributed by atoms with E-state index in [1.54, 1.807) is 0 Å². The molecule has 1 aliphatic carbocycles. The van der Waals surface area contributed by atoms with Crippen LogP contribution in [0.1, 0.15) is 57.2 Å². The van der Waals surface area contributed by atoms with Gasteiger partial charge in [0.15, 0.2) is 0 Å². The van der Waals surface area contributed by atoms with Gasteiger partial charge in [0.1, 0.15) is 5.82 Å². The van der Waals surface area contributed by atoms with Gasteiger partial charge in [0.2, 0.25) is 5.88 Å². The molecule has 2 rings (SSSR count). The standard InChI is InChI=1S/C13H20N2O2/c1-2-3-9-4-6-10(7-5-9)13-14-11(16)8-12(17)15-13/h8-10H,2-7H2,1H3,(H2,14,15,16,17). The van der Waals surface area contributed by atoms with Gasteiger partial charge in [0.05, 0.1) is 6.07 Å². The van der Waals surface area contributed by atoms with Crippen LogP contribution in [-0.2, 0) is 0 Å². The highest BCUT2D eigenvalue weighted by Gasteiger charge is 2.23. The van der Waals surface area contributed by atoms with Gasteiger partial charge in [-0.05, 0) is 31.6 Å². The van der Waals surface area contributed by atoms with Gasteiger partial charge in [-0.2, -0.15) is 0 Å². The minimum absolute atomic E-state index is 0.167. The fourth-order valence-corrected chi connectivity index (χ4v) is 2.79. The molecule has 1 aromatic rings. The SMILES string of the molecule is CCCC1CCC(c2nc(O)cc(=O)[nH]2)CC1. The summed E-state index contributed by atoms with van der Waals surface area (Å²) >= 11 is 0. The van der Waals surface area contributed by atoms with Gasteiger partial charge in [-0.1, -0.05) is 19.8 Å². The summed E-state index contributed by atoms with van der Waals surface area (Å²) in [4.78, 5) is 18.0. The van der Waals surface area contributed by atoms with Gasteiger partial charge in [-0.25, -0.2) is 4.98 Å². The lowest BCUT2D eigenvalue weighted by Crippen LogP contribution is -2.18. The van der Waals surface area contributed by atoms with Crippen LogP contribution in [0.3, 0.4) is 0 Å². The van der Waals surface area contributed by atoms with Gasteiger partial charge in [-0.3, -0.25) is 4.79 Å². The molecule has 94 valence electrons. The highest BCUT2D eigenvalue weighted by atomic mass is 16.3. The average Bonchev–Trinajstić information content (AvgIpc) is 2.29. The second-order valence-corrected chi connectivity index (χ2v) is 5.00. The molecule has 1 fully saturated rings. The number of aromatic nitrogens is 2. The van der Waals surface area contributed by atoms with Gasteiger partial charge in [-0.15, -0.1) is 0 Å². The average molecular weight is 236 g/mol. The zero-order valence-corrected chi connectivity index (χ0v) is 10.3. The first-order chi connectivity index (χ1) is 8.19. The van der Waals surface area contributed by atoms with Crippen molar-refractivity contribution >= 4 is 0 Å². The first-order valence-electron chi connectivity index (χ1n) is 6.49. The van der Waals surface area contributed by atoms with E-state index in [9.17, 15) is 9.90 Å². The van der Waals surface area contributed by atoms with E-state index in [4.69, 9.17) is 0 Å². The molecule has 0 aliphatic heterocycles. The molecular weight excluding hydrogens is 216 g/mol. The third-order valence-electron chi connectivity index (χ3n) is 3.68. The molecule has 1 aliphatic rings. The molecule has 2 N–H and O–H groups in total. The molecule has 4 heteroatoms. The summed E-state index contributed by atoms with van der Waals surface area (Å²) in [6, 6.07) is 1.12. The van der Waals surface area contributed by atoms with E-state index in [0.29, 0.717) is 11.7 Å². The number of aromatic amines is 1. The van der Waals surface area contributed by atoms with E-state index in [-0.39, 0.29) is 11.4 Å². The van der Waals surface area contributed by atoms with Crippen molar-refractivity contribution in [3.05, 3.63) is 22.2 Å². The summed E-state index contributed by atoms with van der Waals surface area (Å²) in [7, 11) is 0. The predicted octanol–water partition coefficient (Wildman–Crippen LogP) is 2.55. The van der Waals surface area contributed by atoms with Crippen molar-refractivity contribution in [2.75, 3.05) is 0 Å². The maximum Gasteiger partial charge on any atom is 0.254 e. The predicted molar refractivity (Wildman–Crippen MR) is 66.1 cm³/mol. The Morgan fingerprint density at radius 1 is 1.41 bits per heavy atom. The first-order valence-corrected chi connectivity index (χ1v) is 6.49. The Morgan fingerprint density at radius 3 is 2.71 bits per heavy atom. The van der Waals surface area contributed by atoms with Gasteiger partial charge >= 0.3 is 0 Å². The molecule has 0 unspecified atom stereocenters. The van der Waals surface area contributed by atoms with Crippen molar-refractivity contribution in [1.82, 2.24) is 9.97 Å². The number of hydrogen-bond acceptors (Lipinski definition) is 3. The van der Waals surface area contributed by atoms with Crippen LogP contribution < -0.4 is 5.56 Å². The number of rotatable bonds is 3. The minimum atomic E-state index is -0.261. The molecule has 4 nitrogen and oxygen atoms in total. The monoisotopic (exact) mass is 236 g/mol. The van der Waals surface area contributed by atoms with Crippen molar-refractivity contribution in [3.8, 4) is 5.88 Å². The van der Waals surface area contributed by atoms with Crippen LogP contribution in [0.4, 0.5) is 0 Å². The van der Waals surface area contributed by atoms with Crippen LogP contribution in [0, 0.1) is 5.92 Å². The minimum Gasteiger partial charge on any atom is -0.493 e. The number of hydrogen-bond donors (Lipinski definition) is 2. The lowest BCUT2D eigenvalue weighted by Gasteiger charge is -2.27. The molecule has 1 saturated carbocycles. The number of aromatic hydroxyl groups is 1. The molecule has 0 amide bonds. The first kappa shape index (κ1) is 12.1. The summed E-state index contributed by atoms with van der Waals surface area (Å²) in [6.45, 7) is 2.22. The van der Waals surface area contributed by atoms with Crippen molar-refractivity contribution in [2.24, 2.45) is 5.92 Å². The molecule has 0 aromatic carbocycles. The fourth-order valence-electron chi connectivity index (χ4n) is 2.79. The van der Waals surface area contributed by atoms with Crippen molar-refractivity contribution in [2.45, 2.75) is 51.4 Å². The Hall–Kier alpha value is -1.32. The number of nitrogens with one attached hydrogen (secondary N) is 1. The van der Waals surface area contributed by atoms with E-state index < -0.39 is 0 Å². The van der Waals surface area contributed by atoms with Crippen molar-refractivity contribution < 1.29 is 5.11 Å². The van der Waals surface area contributed by atoms with Crippen LogP contribution in [0.25, 0.3) is 0 Å². The Kier molecular flexibility index (Phi) is 3.82. The van der Waals surface area contributed by atoms with Crippen molar-refractivity contribution in [3.63, 3.8) is 0 Å². The summed E-state index contributed by atoms with van der Waals surface area (Å²) in [5.74, 6) is 1.63. The van der Waals surface area contributed by atoms with Gasteiger partial charge in [0, 0.05) is 5.92 Å². The molecule has 17 heavy (non-hydrogen) atoms. The second kappa shape index (κ2) is 5.34. The maximum atomic E-state index is 11.3. The molecule has 1 heterocycles. The molecule has 0 atom stereocenters. The molecule has 0 spiro atoms. The van der Waals surface area contributed by atoms with E-state index in [1.165, 1.54) is 25.7 Å². The van der Waals surface area contributed by atoms with Crippen LogP contribution in [0.5, 0.6) is 5.88 Å². The molecule has 0 saturated heterocycles. The van der Waals surface area contributed by atoms with E-state index in [1.807, 2.05) is 0 Å². The smallest absolute Gasteiger partial charge is 0.254 e. The fraction of sp³-hybridized carbons (Fsp3) is 0.692. The maximum absolute atomic E-state index is 11.3. The van der Waals surface area contributed by atoms with Crippen molar-refractivity contribution in [1.29, 1.82) is 0 Å². The normalized spacial score (nSPS) is 24.8. The third-order valence-corrected chi connectivity index (χ3v) is 3.68. The summed E-state index contributed by atoms with van der Waals surface area (Å²) in [6.07, 6.45) is 7.09. The summed E-state index contributed by atoms with van der Waals surface area (Å²) < 4.78 is 0. The van der Waals surface area contributed by atoms with Crippen LogP contribution in [0.2, 0.25) is 0 Å². The third kappa shape index (κ3) is 3.08. The Bertz CT molecular complexity index is 420. The quantitative estimate of drug-likeness (QED) is 0.847. The Labute approximate surface area is 101 Å². The molecule has 0 radical (unpaired) electrons. The van der Waals surface area contributed by atoms with E-state index >= 15 is 0 Å². The number of H-pyrrole nitrogens is 1. The van der Waals surface area contributed by atoms with Crippen LogP contribution in [0.15, 0.2) is 10.9 Å².